The lowest BCUT2D eigenvalue weighted by Gasteiger charge is -2.29. The van der Waals surface area contributed by atoms with E-state index >= 15 is 0 Å². The molecule has 0 fully saturated rings. The third kappa shape index (κ3) is 20.0. The molecule has 5 heteroatoms. The van der Waals surface area contributed by atoms with Crippen LogP contribution in [-0.4, -0.2) is 53.2 Å². The van der Waals surface area contributed by atoms with Crippen molar-refractivity contribution in [1.29, 1.82) is 0 Å². The fraction of sp³-hybridized carbons (Fsp3) is 1.00. The summed E-state index contributed by atoms with van der Waals surface area (Å²) in [5.74, 6) is 0. The van der Waals surface area contributed by atoms with Crippen LogP contribution in [0, 0.1) is 0 Å². The van der Waals surface area contributed by atoms with Crippen LogP contribution in [0.5, 0.6) is 0 Å². The molecule has 0 amide bonds. The van der Waals surface area contributed by atoms with Crippen molar-refractivity contribution >= 4 is 8.80 Å². The van der Waals surface area contributed by atoms with E-state index in [1.165, 1.54) is 109 Å². The highest BCUT2D eigenvalue weighted by molar-refractivity contribution is 6.60. The van der Waals surface area contributed by atoms with Crippen molar-refractivity contribution in [2.45, 2.75) is 143 Å². The minimum atomic E-state index is -2.49. The summed E-state index contributed by atoms with van der Waals surface area (Å²) in [5, 5.41) is 0. The van der Waals surface area contributed by atoms with E-state index in [4.69, 9.17) is 13.3 Å². The predicted octanol–water partition coefficient (Wildman–Crippen LogP) is 8.62. The summed E-state index contributed by atoms with van der Waals surface area (Å²) in [5.41, 5.74) is 0. The maximum atomic E-state index is 6.01. The monoisotopic (exact) mass is 487 g/mol. The van der Waals surface area contributed by atoms with Crippen LogP contribution < -0.4 is 0 Å². The van der Waals surface area contributed by atoms with Crippen molar-refractivity contribution in [3.05, 3.63) is 0 Å². The van der Waals surface area contributed by atoms with Crippen molar-refractivity contribution in [3.8, 4) is 0 Å². The summed E-state index contributed by atoms with van der Waals surface area (Å²) in [6.07, 6.45) is 22.3. The molecule has 200 valence electrons. The minimum Gasteiger partial charge on any atom is -0.374 e. The Labute approximate surface area is 209 Å². The predicted molar refractivity (Wildman–Crippen MR) is 147 cm³/mol. The largest absolute Gasteiger partial charge is 0.500 e. The van der Waals surface area contributed by atoms with Crippen molar-refractivity contribution in [2.75, 3.05) is 39.5 Å². The summed E-state index contributed by atoms with van der Waals surface area (Å²) in [6, 6.07) is 0.932. The van der Waals surface area contributed by atoms with Crippen molar-refractivity contribution in [1.82, 2.24) is 4.90 Å². The van der Waals surface area contributed by atoms with Gasteiger partial charge in [0.15, 0.2) is 0 Å². The highest BCUT2D eigenvalue weighted by Crippen LogP contribution is 2.19. The molecule has 0 heterocycles. The van der Waals surface area contributed by atoms with Gasteiger partial charge in [-0.3, -0.25) is 0 Å². The first-order valence-electron chi connectivity index (χ1n) is 14.8. The fourth-order valence-electron chi connectivity index (χ4n) is 4.70. The Morgan fingerprint density at radius 2 is 0.818 bits per heavy atom. The van der Waals surface area contributed by atoms with E-state index < -0.39 is 8.80 Å². The van der Waals surface area contributed by atoms with Crippen LogP contribution in [0.2, 0.25) is 6.04 Å². The smallest absolute Gasteiger partial charge is 0.374 e. The lowest BCUT2D eigenvalue weighted by Crippen LogP contribution is -2.46. The molecule has 0 atom stereocenters. The second-order valence-electron chi connectivity index (χ2n) is 9.52. The topological polar surface area (TPSA) is 30.9 Å². The average molecular weight is 488 g/mol. The maximum absolute atomic E-state index is 6.01. The highest BCUT2D eigenvalue weighted by atomic mass is 28.4. The Bertz CT molecular complexity index is 367. The van der Waals surface area contributed by atoms with Gasteiger partial charge in [-0.05, 0) is 59.7 Å². The van der Waals surface area contributed by atoms with E-state index in [2.05, 4.69) is 18.7 Å². The van der Waals surface area contributed by atoms with Crippen molar-refractivity contribution in [2.24, 2.45) is 0 Å². The summed E-state index contributed by atoms with van der Waals surface area (Å²) in [4.78, 5) is 2.64. The van der Waals surface area contributed by atoms with Gasteiger partial charge in [0, 0.05) is 25.9 Å². The van der Waals surface area contributed by atoms with Crippen molar-refractivity contribution in [3.63, 3.8) is 0 Å². The van der Waals surface area contributed by atoms with Gasteiger partial charge in [0.05, 0.1) is 0 Å². The zero-order valence-electron chi connectivity index (χ0n) is 23.4. The molecule has 0 aromatic carbocycles. The first kappa shape index (κ1) is 33.1. The Morgan fingerprint density at radius 3 is 1.21 bits per heavy atom. The molecule has 4 nitrogen and oxygen atoms in total. The van der Waals surface area contributed by atoms with E-state index in [0.717, 1.165) is 19.0 Å². The Kier molecular flexibility index (Phi) is 25.2. The molecule has 0 saturated carbocycles. The van der Waals surface area contributed by atoms with E-state index in [1.54, 1.807) is 0 Å². The number of hydrogen-bond acceptors (Lipinski definition) is 4. The van der Waals surface area contributed by atoms with Gasteiger partial charge in [0.2, 0.25) is 0 Å². The van der Waals surface area contributed by atoms with Gasteiger partial charge in [-0.1, -0.05) is 97.3 Å². The molecule has 33 heavy (non-hydrogen) atoms. The first-order valence-corrected chi connectivity index (χ1v) is 16.7. The Balaban J connectivity index is 3.84. The SMILES string of the molecule is CCCCCCCCCCCCCCCCN(CCC)CCC[Si](OCC)(OCC)OCC. The van der Waals surface area contributed by atoms with Gasteiger partial charge in [-0.2, -0.15) is 0 Å². The Hall–Kier alpha value is 0.0569. The second-order valence-corrected chi connectivity index (χ2v) is 12.3. The summed E-state index contributed by atoms with van der Waals surface area (Å²) in [6.45, 7) is 16.3. The number of rotatable bonds is 27. The van der Waals surface area contributed by atoms with E-state index in [9.17, 15) is 0 Å². The lowest BCUT2D eigenvalue weighted by molar-refractivity contribution is 0.0699. The van der Waals surface area contributed by atoms with Crippen LogP contribution in [0.4, 0.5) is 0 Å². The van der Waals surface area contributed by atoms with Gasteiger partial charge in [0.1, 0.15) is 0 Å². The second kappa shape index (κ2) is 25.2. The zero-order valence-corrected chi connectivity index (χ0v) is 24.4. The lowest BCUT2D eigenvalue weighted by atomic mass is 10.0. The van der Waals surface area contributed by atoms with Gasteiger partial charge in [0.25, 0.3) is 0 Å². The van der Waals surface area contributed by atoms with E-state index in [1.807, 2.05) is 20.8 Å². The molecule has 0 spiro atoms. The van der Waals surface area contributed by atoms with Crippen LogP contribution in [0.25, 0.3) is 0 Å². The molecule has 0 saturated heterocycles. The molecule has 0 aromatic rings. The third-order valence-electron chi connectivity index (χ3n) is 6.42. The van der Waals surface area contributed by atoms with Gasteiger partial charge in [-0.25, -0.2) is 0 Å². The molecule has 0 radical (unpaired) electrons. The van der Waals surface area contributed by atoms with Crippen LogP contribution in [-0.2, 0) is 13.3 Å². The number of hydrogen-bond donors (Lipinski definition) is 0. The van der Waals surface area contributed by atoms with Gasteiger partial charge >= 0.3 is 8.80 Å². The molecule has 0 aliphatic rings. The maximum Gasteiger partial charge on any atom is 0.500 e. The van der Waals surface area contributed by atoms with Crippen LogP contribution in [0.15, 0.2) is 0 Å². The van der Waals surface area contributed by atoms with E-state index in [-0.39, 0.29) is 0 Å². The van der Waals surface area contributed by atoms with Gasteiger partial charge < -0.3 is 18.2 Å². The summed E-state index contributed by atoms with van der Waals surface area (Å²) < 4.78 is 18.0. The molecule has 0 rings (SSSR count). The summed E-state index contributed by atoms with van der Waals surface area (Å²) >= 11 is 0. The zero-order chi connectivity index (χ0) is 24.5. The molecular weight excluding hydrogens is 426 g/mol. The number of nitrogens with zero attached hydrogens (tertiary/aromatic N) is 1. The molecule has 0 unspecified atom stereocenters. The molecular formula is C28H61NO3Si. The van der Waals surface area contributed by atoms with Crippen LogP contribution in [0.1, 0.15) is 137 Å². The van der Waals surface area contributed by atoms with Gasteiger partial charge in [-0.15, -0.1) is 0 Å². The first-order chi connectivity index (χ1) is 16.2. The van der Waals surface area contributed by atoms with Crippen molar-refractivity contribution < 1.29 is 13.3 Å². The highest BCUT2D eigenvalue weighted by Gasteiger charge is 2.39. The molecule has 0 aliphatic heterocycles. The summed E-state index contributed by atoms with van der Waals surface area (Å²) in [7, 11) is -2.49. The fourth-order valence-corrected chi connectivity index (χ4v) is 7.30. The van der Waals surface area contributed by atoms with E-state index in [0.29, 0.717) is 19.8 Å². The molecule has 0 bridgehead atoms. The molecule has 0 aliphatic carbocycles. The standard InChI is InChI=1S/C28H61NO3Si/c1-6-11-12-13-14-15-16-17-18-19-20-21-22-23-26-29(25-7-2)27-24-28-33(30-8-3,31-9-4)32-10-5/h6-28H2,1-5H3. The normalized spacial score (nSPS) is 12.2. The Morgan fingerprint density at radius 1 is 0.424 bits per heavy atom. The number of unbranched alkanes of at least 4 members (excludes halogenated alkanes) is 13. The third-order valence-corrected chi connectivity index (χ3v) is 9.57. The van der Waals surface area contributed by atoms with Crippen LogP contribution in [0.3, 0.4) is 0 Å². The molecule has 0 N–H and O–H groups in total. The minimum absolute atomic E-state index is 0.671. The average Bonchev–Trinajstić information content (AvgIpc) is 2.80. The van der Waals surface area contributed by atoms with Crippen LogP contribution >= 0.6 is 0 Å². The quantitative estimate of drug-likeness (QED) is 0.0857. The molecule has 0 aromatic heterocycles.